The largest absolute Gasteiger partial charge is 0.367 e. The maximum atomic E-state index is 12.9. The van der Waals surface area contributed by atoms with Gasteiger partial charge in [0.25, 0.3) is 0 Å². The van der Waals surface area contributed by atoms with E-state index in [1.807, 2.05) is 42.5 Å². The minimum Gasteiger partial charge on any atom is -0.367 e. The van der Waals surface area contributed by atoms with Crippen LogP contribution in [0.5, 0.6) is 0 Å². The van der Waals surface area contributed by atoms with E-state index in [0.717, 1.165) is 17.5 Å². The summed E-state index contributed by atoms with van der Waals surface area (Å²) in [7, 11) is 0. The second kappa shape index (κ2) is 8.90. The van der Waals surface area contributed by atoms with E-state index in [4.69, 9.17) is 23.2 Å². The Morgan fingerprint density at radius 1 is 0.933 bits per heavy atom. The Morgan fingerprint density at radius 2 is 1.67 bits per heavy atom. The highest BCUT2D eigenvalue weighted by atomic mass is 35.5. The van der Waals surface area contributed by atoms with Gasteiger partial charge < -0.3 is 5.32 Å². The van der Waals surface area contributed by atoms with Crippen molar-refractivity contribution in [2.45, 2.75) is 25.9 Å². The molecule has 0 spiro atoms. The molecule has 4 nitrogen and oxygen atoms in total. The van der Waals surface area contributed by atoms with E-state index in [1.165, 1.54) is 5.56 Å². The van der Waals surface area contributed by atoms with Crippen LogP contribution in [0.1, 0.15) is 29.7 Å². The number of aryl methyl sites for hydroxylation is 1. The molecule has 6 heteroatoms. The Kier molecular flexibility index (Phi) is 6.07. The molecule has 0 bridgehead atoms. The van der Waals surface area contributed by atoms with E-state index in [-0.39, 0.29) is 12.1 Å². The van der Waals surface area contributed by atoms with Gasteiger partial charge in [-0.25, -0.2) is 4.79 Å². The highest BCUT2D eigenvalue weighted by Gasteiger charge is 2.37. The van der Waals surface area contributed by atoms with Crippen molar-refractivity contribution in [3.05, 3.63) is 99.5 Å². The topological polar surface area (TPSA) is 44.7 Å². The van der Waals surface area contributed by atoms with Gasteiger partial charge in [-0.2, -0.15) is 4.99 Å². The van der Waals surface area contributed by atoms with Gasteiger partial charge in [-0.15, -0.1) is 0 Å². The van der Waals surface area contributed by atoms with Gasteiger partial charge in [-0.3, -0.25) is 4.90 Å². The second-order valence-corrected chi connectivity index (χ2v) is 7.90. The van der Waals surface area contributed by atoms with Crippen molar-refractivity contribution < 1.29 is 4.79 Å². The summed E-state index contributed by atoms with van der Waals surface area (Å²) in [5, 5.41) is 4.20. The number of nitrogens with one attached hydrogen (secondary N) is 1. The van der Waals surface area contributed by atoms with E-state index < -0.39 is 0 Å². The Bertz CT molecular complexity index is 1080. The van der Waals surface area contributed by atoms with Crippen LogP contribution in [-0.4, -0.2) is 11.9 Å². The number of carbonyl (C=O) groups is 1. The third-order valence-electron chi connectivity index (χ3n) is 5.14. The highest BCUT2D eigenvalue weighted by molar-refractivity contribution is 6.42. The first-order valence-electron chi connectivity index (χ1n) is 9.80. The molecule has 2 amide bonds. The molecule has 1 aliphatic heterocycles. The van der Waals surface area contributed by atoms with Crippen LogP contribution in [0, 0.1) is 0 Å². The lowest BCUT2D eigenvalue weighted by Gasteiger charge is -2.26. The number of amides is 2. The first-order valence-corrected chi connectivity index (χ1v) is 10.6. The minimum atomic E-state index is -0.371. The zero-order chi connectivity index (χ0) is 21.1. The van der Waals surface area contributed by atoms with Crippen molar-refractivity contribution in [3.63, 3.8) is 0 Å². The van der Waals surface area contributed by atoms with Crippen LogP contribution in [-0.2, 0) is 13.0 Å². The summed E-state index contributed by atoms with van der Waals surface area (Å²) in [4.78, 5) is 18.9. The lowest BCUT2D eigenvalue weighted by Crippen LogP contribution is -2.36. The van der Waals surface area contributed by atoms with Gasteiger partial charge in [-0.05, 0) is 41.3 Å². The minimum absolute atomic E-state index is 0.339. The molecule has 1 N–H and O–H groups in total. The molecule has 3 aromatic carbocycles. The Hall–Kier alpha value is -2.82. The maximum Gasteiger partial charge on any atom is 0.350 e. The first kappa shape index (κ1) is 20.5. The molecule has 1 atom stereocenters. The average Bonchev–Trinajstić information content (AvgIpc) is 3.11. The Morgan fingerprint density at radius 3 is 2.33 bits per heavy atom. The summed E-state index contributed by atoms with van der Waals surface area (Å²) in [6, 6.07) is 22.8. The summed E-state index contributed by atoms with van der Waals surface area (Å²) in [5.41, 5.74) is 3.98. The monoisotopic (exact) mass is 437 g/mol. The number of anilines is 1. The molecule has 0 radical (unpaired) electrons. The summed E-state index contributed by atoms with van der Waals surface area (Å²) >= 11 is 12.3. The fraction of sp³-hybridized carbons (Fsp3) is 0.167. The van der Waals surface area contributed by atoms with Crippen molar-refractivity contribution in [1.82, 2.24) is 5.32 Å². The van der Waals surface area contributed by atoms with Gasteiger partial charge in [0.1, 0.15) is 11.9 Å². The van der Waals surface area contributed by atoms with Gasteiger partial charge >= 0.3 is 6.03 Å². The molecule has 0 aromatic heterocycles. The molecule has 1 heterocycles. The van der Waals surface area contributed by atoms with Gasteiger partial charge in [-0.1, -0.05) is 84.7 Å². The number of carbonyl (C=O) groups excluding carboxylic acids is 1. The third kappa shape index (κ3) is 4.20. The number of rotatable bonds is 5. The van der Waals surface area contributed by atoms with Crippen molar-refractivity contribution in [1.29, 1.82) is 0 Å². The van der Waals surface area contributed by atoms with Crippen LogP contribution in [0.2, 0.25) is 10.0 Å². The molecule has 3 aromatic rings. The molecular weight excluding hydrogens is 417 g/mol. The zero-order valence-electron chi connectivity index (χ0n) is 16.5. The number of nitrogens with zero attached hydrogens (tertiary/aromatic N) is 2. The molecule has 30 heavy (non-hydrogen) atoms. The summed E-state index contributed by atoms with van der Waals surface area (Å²) < 4.78 is 0. The zero-order valence-corrected chi connectivity index (χ0v) is 18.0. The summed E-state index contributed by atoms with van der Waals surface area (Å²) in [6.07, 6.45) is 0.952. The number of benzene rings is 3. The molecule has 0 saturated carbocycles. The number of aliphatic imine (C=N–C) groups is 1. The summed E-state index contributed by atoms with van der Waals surface area (Å²) in [6.45, 7) is 2.69. The predicted octanol–water partition coefficient (Wildman–Crippen LogP) is 6.43. The van der Waals surface area contributed by atoms with Crippen molar-refractivity contribution in [3.8, 4) is 0 Å². The van der Waals surface area contributed by atoms with Crippen LogP contribution in [0.25, 0.3) is 0 Å². The number of amidine groups is 1. The number of hydrogen-bond acceptors (Lipinski definition) is 2. The maximum absolute atomic E-state index is 12.9. The molecule has 1 aliphatic rings. The molecule has 1 unspecified atom stereocenters. The first-order chi connectivity index (χ1) is 14.6. The van der Waals surface area contributed by atoms with E-state index in [2.05, 4.69) is 29.4 Å². The smallest absolute Gasteiger partial charge is 0.350 e. The predicted molar refractivity (Wildman–Crippen MR) is 124 cm³/mol. The number of urea groups is 1. The quantitative estimate of drug-likeness (QED) is 0.499. The number of hydrogen-bond donors (Lipinski definition) is 1. The standard InChI is InChI=1S/C24H21Cl2N3O/c1-2-16-8-10-18(11-9-16)22-23(27-15-17-6-4-3-5-7-17)28-24(30)29(22)19-12-13-20(25)21(26)14-19/h3-14,22H,2,15H2,1H3,(H,27,28,30). The van der Waals surface area contributed by atoms with Crippen LogP contribution in [0.15, 0.2) is 77.8 Å². The fourth-order valence-corrected chi connectivity index (χ4v) is 3.80. The van der Waals surface area contributed by atoms with E-state index in [0.29, 0.717) is 28.1 Å². The fourth-order valence-electron chi connectivity index (χ4n) is 3.51. The van der Waals surface area contributed by atoms with Crippen LogP contribution in [0.3, 0.4) is 0 Å². The van der Waals surface area contributed by atoms with Crippen LogP contribution < -0.4 is 10.2 Å². The molecular formula is C24H21Cl2N3O. The average molecular weight is 438 g/mol. The lowest BCUT2D eigenvalue weighted by molar-refractivity contribution is 0.255. The second-order valence-electron chi connectivity index (χ2n) is 7.08. The molecule has 0 fully saturated rings. The SMILES string of the molecule is CCc1ccc(C2C(NCc3ccccc3)=NC(=O)N2c2ccc(Cl)c(Cl)c2)cc1. The molecule has 152 valence electrons. The Labute approximate surface area is 186 Å². The normalized spacial score (nSPS) is 16.0. The van der Waals surface area contributed by atoms with Gasteiger partial charge in [0.15, 0.2) is 0 Å². The van der Waals surface area contributed by atoms with Crippen LogP contribution >= 0.6 is 23.2 Å². The lowest BCUT2D eigenvalue weighted by atomic mass is 10.0. The van der Waals surface area contributed by atoms with Crippen LogP contribution in [0.4, 0.5) is 10.5 Å². The highest BCUT2D eigenvalue weighted by Crippen LogP contribution is 2.36. The Balaban J connectivity index is 1.69. The van der Waals surface area contributed by atoms with Gasteiger partial charge in [0.2, 0.25) is 0 Å². The van der Waals surface area contributed by atoms with Crippen molar-refractivity contribution in [2.24, 2.45) is 4.99 Å². The summed E-state index contributed by atoms with van der Waals surface area (Å²) in [5.74, 6) is 0.610. The molecule has 0 aliphatic carbocycles. The van der Waals surface area contributed by atoms with Crippen molar-refractivity contribution >= 4 is 40.8 Å². The van der Waals surface area contributed by atoms with E-state index in [9.17, 15) is 4.79 Å². The molecule has 4 rings (SSSR count). The van der Waals surface area contributed by atoms with E-state index in [1.54, 1.807) is 23.1 Å². The van der Waals surface area contributed by atoms with Gasteiger partial charge in [0.05, 0.1) is 10.0 Å². The number of halogens is 2. The van der Waals surface area contributed by atoms with Crippen molar-refractivity contribution in [2.75, 3.05) is 4.90 Å². The third-order valence-corrected chi connectivity index (χ3v) is 5.88. The van der Waals surface area contributed by atoms with Gasteiger partial charge in [0, 0.05) is 12.2 Å². The molecule has 0 saturated heterocycles. The van der Waals surface area contributed by atoms with E-state index >= 15 is 0 Å².